The van der Waals surface area contributed by atoms with Crippen molar-refractivity contribution in [2.24, 2.45) is 5.73 Å². The fourth-order valence-corrected chi connectivity index (χ4v) is 7.34. The van der Waals surface area contributed by atoms with Gasteiger partial charge in [0.05, 0.1) is 6.61 Å². The van der Waals surface area contributed by atoms with Crippen LogP contribution in [-0.2, 0) is 63.1 Å². The molecule has 3 N–H and O–H groups in total. The van der Waals surface area contributed by atoms with Gasteiger partial charge in [-0.1, -0.05) is 153 Å². The van der Waals surface area contributed by atoms with Crippen LogP contribution in [0.15, 0.2) is 158 Å². The Balaban J connectivity index is 1.30. The number of hydrogen-bond acceptors (Lipinski definition) is 9. The Bertz CT molecular complexity index is 2380. The second-order valence-corrected chi connectivity index (χ2v) is 22.2. The minimum absolute atomic E-state index is 0.0345. The average molecular weight is 865 g/mol. The summed E-state index contributed by atoms with van der Waals surface area (Å²) in [7, 11) is -1.53. The van der Waals surface area contributed by atoms with Gasteiger partial charge in [-0.3, -0.25) is 4.79 Å². The molecule has 2 atom stereocenters. The van der Waals surface area contributed by atoms with Gasteiger partial charge < -0.3 is 34.7 Å². The van der Waals surface area contributed by atoms with E-state index < -0.39 is 38.2 Å². The van der Waals surface area contributed by atoms with E-state index in [4.69, 9.17) is 29.4 Å². The molecule has 6 aromatic carbocycles. The van der Waals surface area contributed by atoms with E-state index in [9.17, 15) is 14.4 Å². The van der Waals surface area contributed by atoms with Crippen molar-refractivity contribution >= 4 is 26.1 Å². The Morgan fingerprint density at radius 2 is 0.952 bits per heavy atom. The van der Waals surface area contributed by atoms with Crippen molar-refractivity contribution in [2.45, 2.75) is 77.0 Å². The number of ether oxygens (including phenoxy) is 5. The maximum absolute atomic E-state index is 13.8. The SMILES string of the molecule is C[Si](C)(C)CCOC(=O)C(Cc1cc(-c2ccc(OCc3ccccc3)c(CC(N)C(=O)OCc3ccccc3)c2)ccc1OCc1ccccc1)NC(=O)OCc1ccccc1. The van der Waals surface area contributed by atoms with Gasteiger partial charge in [0, 0.05) is 20.9 Å². The highest BCUT2D eigenvalue weighted by Crippen LogP contribution is 2.33. The number of rotatable bonds is 21. The van der Waals surface area contributed by atoms with Crippen molar-refractivity contribution in [1.82, 2.24) is 5.32 Å². The Morgan fingerprint density at radius 3 is 1.41 bits per heavy atom. The predicted molar refractivity (Wildman–Crippen MR) is 248 cm³/mol. The van der Waals surface area contributed by atoms with Gasteiger partial charge in [0.15, 0.2) is 0 Å². The monoisotopic (exact) mass is 864 g/mol. The van der Waals surface area contributed by atoms with Crippen LogP contribution in [0.25, 0.3) is 11.1 Å². The third kappa shape index (κ3) is 15.0. The van der Waals surface area contributed by atoms with E-state index in [1.807, 2.05) is 158 Å². The maximum atomic E-state index is 13.8. The number of amides is 1. The van der Waals surface area contributed by atoms with Gasteiger partial charge in [-0.2, -0.15) is 0 Å². The highest BCUT2D eigenvalue weighted by molar-refractivity contribution is 6.76. The summed E-state index contributed by atoms with van der Waals surface area (Å²) in [6.07, 6.45) is -0.548. The van der Waals surface area contributed by atoms with Crippen molar-refractivity contribution in [1.29, 1.82) is 0 Å². The number of nitrogens with two attached hydrogens (primary N) is 1. The fourth-order valence-electron chi connectivity index (χ4n) is 6.62. The molecule has 0 heterocycles. The van der Waals surface area contributed by atoms with Crippen LogP contribution >= 0.6 is 0 Å². The van der Waals surface area contributed by atoms with Gasteiger partial charge in [0.25, 0.3) is 0 Å². The molecule has 1 amide bonds. The van der Waals surface area contributed by atoms with E-state index in [1.54, 1.807) is 0 Å². The first-order chi connectivity index (χ1) is 30.5. The highest BCUT2D eigenvalue weighted by Gasteiger charge is 2.27. The normalized spacial score (nSPS) is 12.1. The number of alkyl carbamates (subject to hydrolysis) is 1. The quantitative estimate of drug-likeness (QED) is 0.0412. The molecular weight excluding hydrogens is 809 g/mol. The first-order valence-electron chi connectivity index (χ1n) is 21.2. The largest absolute Gasteiger partial charge is 0.489 e. The van der Waals surface area contributed by atoms with Crippen LogP contribution in [0.1, 0.15) is 33.4 Å². The van der Waals surface area contributed by atoms with Crippen molar-refractivity contribution in [3.05, 3.63) is 191 Å². The van der Waals surface area contributed by atoms with Crippen LogP contribution in [0.4, 0.5) is 4.79 Å². The maximum Gasteiger partial charge on any atom is 0.408 e. The van der Waals surface area contributed by atoms with E-state index in [0.29, 0.717) is 29.2 Å². The van der Waals surface area contributed by atoms with Crippen molar-refractivity contribution in [3.8, 4) is 22.6 Å². The molecule has 0 saturated heterocycles. The van der Waals surface area contributed by atoms with Crippen molar-refractivity contribution < 1.29 is 38.1 Å². The topological polar surface area (TPSA) is 135 Å². The number of hydrogen-bond donors (Lipinski definition) is 2. The number of carbonyl (C=O) groups is 3. The molecule has 0 aromatic heterocycles. The molecule has 0 fully saturated rings. The molecule has 2 unspecified atom stereocenters. The summed E-state index contributed by atoms with van der Waals surface area (Å²) in [6.45, 7) is 7.60. The van der Waals surface area contributed by atoms with Crippen LogP contribution in [-0.4, -0.2) is 44.8 Å². The van der Waals surface area contributed by atoms with Crippen LogP contribution in [0, 0.1) is 0 Å². The van der Waals surface area contributed by atoms with Gasteiger partial charge in [-0.25, -0.2) is 9.59 Å². The molecule has 0 spiro atoms. The van der Waals surface area contributed by atoms with Gasteiger partial charge in [-0.15, -0.1) is 0 Å². The summed E-state index contributed by atoms with van der Waals surface area (Å²) in [5, 5.41) is 2.79. The minimum atomic E-state index is -1.53. The second-order valence-electron chi connectivity index (χ2n) is 16.5. The standard InChI is InChI=1S/C52H56N2O8Si/c1-63(2,3)29-28-58-51(56)47(54-52(57)62-37-41-22-14-7-15-23-41)33-45-31-43(25-27-49(45)60-35-39-18-10-5-11-19-39)42-24-26-48(59-34-38-16-8-4-9-17-38)44(30-42)32-46(53)50(55)61-36-40-20-12-6-13-21-40/h4-27,30-31,46-47H,28-29,32-37,53H2,1-3H3,(H,54,57). The molecule has 0 aliphatic rings. The Morgan fingerprint density at radius 1 is 0.524 bits per heavy atom. The molecule has 63 heavy (non-hydrogen) atoms. The molecular formula is C52H56N2O8Si. The first-order valence-corrected chi connectivity index (χ1v) is 24.9. The Labute approximate surface area is 371 Å². The van der Waals surface area contributed by atoms with Crippen LogP contribution in [0.2, 0.25) is 25.7 Å². The van der Waals surface area contributed by atoms with E-state index in [0.717, 1.165) is 39.4 Å². The summed E-state index contributed by atoms with van der Waals surface area (Å²) >= 11 is 0. The zero-order valence-electron chi connectivity index (χ0n) is 36.2. The first kappa shape index (κ1) is 45.8. The summed E-state index contributed by atoms with van der Waals surface area (Å²) in [4.78, 5) is 40.3. The second kappa shape index (κ2) is 22.9. The van der Waals surface area contributed by atoms with E-state index >= 15 is 0 Å². The van der Waals surface area contributed by atoms with E-state index in [1.165, 1.54) is 0 Å². The zero-order chi connectivity index (χ0) is 44.4. The highest BCUT2D eigenvalue weighted by atomic mass is 28.3. The van der Waals surface area contributed by atoms with Crippen LogP contribution < -0.4 is 20.5 Å². The Kier molecular flexibility index (Phi) is 16.7. The molecule has 0 saturated carbocycles. The lowest BCUT2D eigenvalue weighted by atomic mass is 9.95. The molecule has 6 rings (SSSR count). The number of esters is 2. The van der Waals surface area contributed by atoms with E-state index in [2.05, 4.69) is 25.0 Å². The molecule has 11 heteroatoms. The molecule has 6 aromatic rings. The van der Waals surface area contributed by atoms with Gasteiger partial charge in [0.1, 0.15) is 50.0 Å². The third-order valence-corrected chi connectivity index (χ3v) is 11.9. The summed E-state index contributed by atoms with van der Waals surface area (Å²) in [6, 6.07) is 48.6. The summed E-state index contributed by atoms with van der Waals surface area (Å²) in [5.74, 6) is 0.0159. The fraction of sp³-hybridized carbons (Fsp3) is 0.250. The molecule has 0 radical (unpaired) electrons. The van der Waals surface area contributed by atoms with Crippen LogP contribution in [0.3, 0.4) is 0 Å². The van der Waals surface area contributed by atoms with Gasteiger partial charge in [-0.05, 0) is 74.8 Å². The smallest absolute Gasteiger partial charge is 0.408 e. The number of benzene rings is 6. The van der Waals surface area contributed by atoms with Gasteiger partial charge in [0.2, 0.25) is 0 Å². The number of nitrogens with one attached hydrogen (secondary N) is 1. The molecule has 0 bridgehead atoms. The summed E-state index contributed by atoms with van der Waals surface area (Å²) < 4.78 is 29.7. The van der Waals surface area contributed by atoms with Crippen molar-refractivity contribution in [3.63, 3.8) is 0 Å². The minimum Gasteiger partial charge on any atom is -0.489 e. The van der Waals surface area contributed by atoms with Crippen LogP contribution in [0.5, 0.6) is 11.5 Å². The third-order valence-electron chi connectivity index (χ3n) is 10.2. The predicted octanol–water partition coefficient (Wildman–Crippen LogP) is 9.84. The lowest BCUT2D eigenvalue weighted by Crippen LogP contribution is -2.44. The zero-order valence-corrected chi connectivity index (χ0v) is 37.2. The molecule has 10 nitrogen and oxygen atoms in total. The molecule has 0 aliphatic heterocycles. The Hall–Kier alpha value is -6.69. The average Bonchev–Trinajstić information content (AvgIpc) is 3.29. The summed E-state index contributed by atoms with van der Waals surface area (Å²) in [5.41, 5.74) is 13.1. The molecule has 326 valence electrons. The van der Waals surface area contributed by atoms with Gasteiger partial charge >= 0.3 is 18.0 Å². The van der Waals surface area contributed by atoms with Crippen molar-refractivity contribution in [2.75, 3.05) is 6.61 Å². The van der Waals surface area contributed by atoms with E-state index in [-0.39, 0.29) is 39.3 Å². The molecule has 0 aliphatic carbocycles. The lowest BCUT2D eigenvalue weighted by molar-refractivity contribution is -0.147. The lowest BCUT2D eigenvalue weighted by Gasteiger charge is -2.22. The number of carbonyl (C=O) groups excluding carboxylic acids is 3.